The van der Waals surface area contributed by atoms with Crippen molar-refractivity contribution in [3.8, 4) is 5.75 Å². The second kappa shape index (κ2) is 8.83. The molecule has 158 valence electrons. The average Bonchev–Trinajstić information content (AvgIpc) is 3.05. The third-order valence-electron chi connectivity index (χ3n) is 5.00. The van der Waals surface area contributed by atoms with Gasteiger partial charge in [-0.3, -0.25) is 9.69 Å². The Labute approximate surface area is 180 Å². The third-order valence-corrected chi connectivity index (χ3v) is 6.64. The molecule has 0 radical (unpaired) electrons. The van der Waals surface area contributed by atoms with Crippen molar-refractivity contribution < 1.29 is 22.7 Å². The Bertz CT molecular complexity index is 1050. The second-order valence-electron chi connectivity index (χ2n) is 6.98. The predicted octanol–water partition coefficient (Wildman–Crippen LogP) is 5.25. The van der Waals surface area contributed by atoms with Crippen molar-refractivity contribution in [3.63, 3.8) is 0 Å². The van der Waals surface area contributed by atoms with Crippen molar-refractivity contribution >= 4 is 38.9 Å². The summed E-state index contributed by atoms with van der Waals surface area (Å²) in [5.74, 6) is -0.398. The molecule has 0 aliphatic carbocycles. The van der Waals surface area contributed by atoms with E-state index in [2.05, 4.69) is 9.64 Å². The molecule has 1 fully saturated rings. The molecule has 1 aliphatic heterocycles. The molecule has 2 heterocycles. The summed E-state index contributed by atoms with van der Waals surface area (Å²) in [7, 11) is 0. The summed E-state index contributed by atoms with van der Waals surface area (Å²) in [6, 6.07) is 10.9. The van der Waals surface area contributed by atoms with Gasteiger partial charge in [-0.25, -0.2) is 4.39 Å². The van der Waals surface area contributed by atoms with Crippen LogP contribution in [0.2, 0.25) is 5.02 Å². The minimum Gasteiger partial charge on any atom is -0.435 e. The molecule has 0 saturated carbocycles. The van der Waals surface area contributed by atoms with Crippen molar-refractivity contribution in [1.82, 2.24) is 9.80 Å². The Morgan fingerprint density at radius 3 is 2.47 bits per heavy atom. The van der Waals surface area contributed by atoms with Gasteiger partial charge in [0.25, 0.3) is 5.91 Å². The Kier molecular flexibility index (Phi) is 6.17. The first kappa shape index (κ1) is 21.0. The normalized spacial score (nSPS) is 15.2. The molecule has 0 spiro atoms. The Hall–Kier alpha value is -2.29. The topological polar surface area (TPSA) is 32.8 Å². The van der Waals surface area contributed by atoms with Gasteiger partial charge in [-0.1, -0.05) is 23.7 Å². The molecule has 0 bridgehead atoms. The molecule has 3 aromatic rings. The fourth-order valence-electron chi connectivity index (χ4n) is 3.46. The average molecular weight is 455 g/mol. The van der Waals surface area contributed by atoms with Gasteiger partial charge < -0.3 is 9.64 Å². The number of benzene rings is 2. The summed E-state index contributed by atoms with van der Waals surface area (Å²) >= 11 is 7.59. The molecular weight excluding hydrogens is 437 g/mol. The summed E-state index contributed by atoms with van der Waals surface area (Å²) in [4.78, 5) is 17.3. The van der Waals surface area contributed by atoms with Crippen LogP contribution in [0.5, 0.6) is 5.75 Å². The molecule has 4 rings (SSSR count). The number of carbonyl (C=O) groups is 1. The van der Waals surface area contributed by atoms with Crippen molar-refractivity contribution in [2.45, 2.75) is 13.2 Å². The van der Waals surface area contributed by atoms with Crippen molar-refractivity contribution in [2.24, 2.45) is 0 Å². The fraction of sp³-hybridized carbons (Fsp3) is 0.286. The highest BCUT2D eigenvalue weighted by atomic mass is 35.5. The van der Waals surface area contributed by atoms with Gasteiger partial charge in [-0.15, -0.1) is 11.3 Å². The van der Waals surface area contributed by atoms with Gasteiger partial charge >= 0.3 is 6.61 Å². The number of halogens is 4. The molecule has 0 unspecified atom stereocenters. The molecule has 0 N–H and O–H groups in total. The Balaban J connectivity index is 1.42. The van der Waals surface area contributed by atoms with Crippen LogP contribution in [0.3, 0.4) is 0 Å². The highest BCUT2D eigenvalue weighted by molar-refractivity contribution is 7.21. The van der Waals surface area contributed by atoms with Crippen LogP contribution < -0.4 is 4.74 Å². The third kappa shape index (κ3) is 4.55. The summed E-state index contributed by atoms with van der Waals surface area (Å²) in [5.41, 5.74) is 1.02. The highest BCUT2D eigenvalue weighted by Gasteiger charge is 2.26. The molecule has 30 heavy (non-hydrogen) atoms. The van der Waals surface area contributed by atoms with Crippen LogP contribution in [0, 0.1) is 5.82 Å². The predicted molar refractivity (Wildman–Crippen MR) is 111 cm³/mol. The van der Waals surface area contributed by atoms with Crippen molar-refractivity contribution in [1.29, 1.82) is 0 Å². The second-order valence-corrected chi connectivity index (χ2v) is 8.41. The lowest BCUT2D eigenvalue weighted by Gasteiger charge is -2.34. The zero-order valence-electron chi connectivity index (χ0n) is 15.8. The number of rotatable bonds is 5. The van der Waals surface area contributed by atoms with E-state index in [0.29, 0.717) is 52.7 Å². The van der Waals surface area contributed by atoms with Gasteiger partial charge in [-0.05, 0) is 35.9 Å². The zero-order chi connectivity index (χ0) is 21.3. The summed E-state index contributed by atoms with van der Waals surface area (Å²) in [6.45, 7) is 0.258. The first-order valence-corrected chi connectivity index (χ1v) is 10.5. The number of amides is 1. The Morgan fingerprint density at radius 2 is 1.80 bits per heavy atom. The van der Waals surface area contributed by atoms with Crippen molar-refractivity contribution in [3.05, 3.63) is 63.7 Å². The smallest absolute Gasteiger partial charge is 0.387 e. The summed E-state index contributed by atoms with van der Waals surface area (Å²) in [6.07, 6.45) is 0. The van der Waals surface area contributed by atoms with Gasteiger partial charge in [0.1, 0.15) is 16.4 Å². The molecular formula is C21H18ClF3N2O2S. The number of carbonyl (C=O) groups excluding carboxylic acids is 1. The van der Waals surface area contributed by atoms with Crippen LogP contribution in [0.4, 0.5) is 13.2 Å². The number of nitrogens with zero attached hydrogens (tertiary/aromatic N) is 2. The first-order valence-electron chi connectivity index (χ1n) is 9.33. The van der Waals surface area contributed by atoms with E-state index in [4.69, 9.17) is 11.6 Å². The number of ether oxygens (including phenoxy) is 1. The number of hydrogen-bond acceptors (Lipinski definition) is 4. The highest BCUT2D eigenvalue weighted by Crippen LogP contribution is 2.38. The van der Waals surface area contributed by atoms with Gasteiger partial charge in [0.15, 0.2) is 0 Å². The van der Waals surface area contributed by atoms with Crippen LogP contribution in [0.1, 0.15) is 15.2 Å². The van der Waals surface area contributed by atoms with E-state index in [1.807, 2.05) is 0 Å². The lowest BCUT2D eigenvalue weighted by atomic mass is 10.2. The lowest BCUT2D eigenvalue weighted by Crippen LogP contribution is -2.48. The van der Waals surface area contributed by atoms with Crippen molar-refractivity contribution in [2.75, 3.05) is 26.2 Å². The van der Waals surface area contributed by atoms with Crippen LogP contribution in [-0.4, -0.2) is 48.5 Å². The minimum absolute atomic E-state index is 0.0313. The number of alkyl halides is 2. The van der Waals surface area contributed by atoms with E-state index >= 15 is 0 Å². The molecule has 1 amide bonds. The molecule has 0 atom stereocenters. The number of thiophene rings is 1. The van der Waals surface area contributed by atoms with Gasteiger partial charge in [0.2, 0.25) is 0 Å². The molecule has 1 aromatic heterocycles. The molecule has 1 aliphatic rings. The molecule has 2 aromatic carbocycles. The van der Waals surface area contributed by atoms with Crippen LogP contribution in [0.15, 0.2) is 42.5 Å². The van der Waals surface area contributed by atoms with E-state index in [1.54, 1.807) is 23.1 Å². The van der Waals surface area contributed by atoms with Crippen LogP contribution >= 0.6 is 22.9 Å². The standard InChI is InChI=1S/C21H18ClF3N2O2S/c22-18-16-6-5-15(29-21(24)25)11-17(16)30-19(18)20(28)27-9-7-26(8-10-27)12-13-1-3-14(23)4-2-13/h1-6,11,21H,7-10,12H2. The SMILES string of the molecule is O=C(c1sc2cc(OC(F)F)ccc2c1Cl)N1CCN(Cc2ccc(F)cc2)CC1. The summed E-state index contributed by atoms with van der Waals surface area (Å²) < 4.78 is 43.0. The largest absolute Gasteiger partial charge is 0.435 e. The van der Waals surface area contributed by atoms with E-state index in [-0.39, 0.29) is 17.5 Å². The van der Waals surface area contributed by atoms with Gasteiger partial charge in [0.05, 0.1) is 5.02 Å². The minimum atomic E-state index is -2.91. The maximum absolute atomic E-state index is 13.0. The maximum atomic E-state index is 13.0. The van der Waals surface area contributed by atoms with Gasteiger partial charge in [-0.2, -0.15) is 8.78 Å². The maximum Gasteiger partial charge on any atom is 0.387 e. The van der Waals surface area contributed by atoms with E-state index in [9.17, 15) is 18.0 Å². The van der Waals surface area contributed by atoms with Crippen LogP contribution in [0.25, 0.3) is 10.1 Å². The molecule has 1 saturated heterocycles. The van der Waals surface area contributed by atoms with E-state index in [1.165, 1.54) is 35.6 Å². The Morgan fingerprint density at radius 1 is 1.10 bits per heavy atom. The zero-order valence-corrected chi connectivity index (χ0v) is 17.4. The fourth-order valence-corrected chi connectivity index (χ4v) is 4.97. The molecule has 4 nitrogen and oxygen atoms in total. The van der Waals surface area contributed by atoms with Crippen LogP contribution in [-0.2, 0) is 6.54 Å². The number of hydrogen-bond donors (Lipinski definition) is 0. The quantitative estimate of drug-likeness (QED) is 0.527. The van der Waals surface area contributed by atoms with E-state index < -0.39 is 6.61 Å². The summed E-state index contributed by atoms with van der Waals surface area (Å²) in [5, 5.41) is 0.971. The van der Waals surface area contributed by atoms with Gasteiger partial charge in [0, 0.05) is 42.8 Å². The first-order chi connectivity index (χ1) is 14.4. The number of fused-ring (bicyclic) bond motifs is 1. The lowest BCUT2D eigenvalue weighted by molar-refractivity contribution is -0.0497. The monoisotopic (exact) mass is 454 g/mol. The van der Waals surface area contributed by atoms with E-state index in [0.717, 1.165) is 5.56 Å². The molecule has 9 heteroatoms. The number of piperazine rings is 1.